The van der Waals surface area contributed by atoms with E-state index >= 15 is 0 Å². The van der Waals surface area contributed by atoms with Crippen LogP contribution in [0.1, 0.15) is 0 Å². The van der Waals surface area contributed by atoms with Gasteiger partial charge in [-0.05, 0) is 12.1 Å². The second-order valence-corrected chi connectivity index (χ2v) is 6.85. The number of hydrogen-bond acceptors (Lipinski definition) is 5. The van der Waals surface area contributed by atoms with Gasteiger partial charge in [-0.15, -0.1) is 0 Å². The Bertz CT molecular complexity index is 599. The first-order chi connectivity index (χ1) is 8.93. The smallest absolute Gasteiger partial charge is 0.289 e. The summed E-state index contributed by atoms with van der Waals surface area (Å²) in [5.41, 5.74) is -0.401. The molecule has 2 rings (SSSR count). The standard InChI is InChI=1S/C10H12BrN3O4S/c11-8-1-2-9(14(15)16)10(7-8)19(17,18)13-5-3-12-4-6-13/h1-2,7,12H,3-6H2. The first-order valence-corrected chi connectivity index (χ1v) is 7.81. The number of sulfonamides is 1. The van der Waals surface area contributed by atoms with E-state index in [-0.39, 0.29) is 4.90 Å². The number of piperazine rings is 1. The van der Waals surface area contributed by atoms with Gasteiger partial charge >= 0.3 is 0 Å². The lowest BCUT2D eigenvalue weighted by Crippen LogP contribution is -2.46. The summed E-state index contributed by atoms with van der Waals surface area (Å²) in [7, 11) is -3.84. The van der Waals surface area contributed by atoms with Crippen molar-refractivity contribution in [3.63, 3.8) is 0 Å². The summed E-state index contributed by atoms with van der Waals surface area (Å²) in [6.07, 6.45) is 0. The number of hydrogen-bond donors (Lipinski definition) is 1. The Kier molecular flexibility index (Phi) is 4.19. The van der Waals surface area contributed by atoms with Crippen LogP contribution in [0, 0.1) is 10.1 Å². The number of nitro groups is 1. The van der Waals surface area contributed by atoms with Crippen molar-refractivity contribution in [1.29, 1.82) is 0 Å². The van der Waals surface area contributed by atoms with Crippen LogP contribution in [0.25, 0.3) is 0 Å². The summed E-state index contributed by atoms with van der Waals surface area (Å²) in [6, 6.07) is 3.92. The molecule has 0 aliphatic carbocycles. The molecular formula is C10H12BrN3O4S. The van der Waals surface area contributed by atoms with Crippen LogP contribution in [-0.4, -0.2) is 43.8 Å². The maximum atomic E-state index is 12.4. The topological polar surface area (TPSA) is 92.5 Å². The molecule has 0 spiro atoms. The van der Waals surface area contributed by atoms with E-state index in [0.717, 1.165) is 0 Å². The minimum Gasteiger partial charge on any atom is -0.314 e. The van der Waals surface area contributed by atoms with E-state index in [1.165, 1.54) is 22.5 Å². The predicted molar refractivity (Wildman–Crippen MR) is 72.4 cm³/mol. The Morgan fingerprint density at radius 1 is 1.32 bits per heavy atom. The largest absolute Gasteiger partial charge is 0.314 e. The van der Waals surface area contributed by atoms with Crippen LogP contribution >= 0.6 is 15.9 Å². The molecule has 1 aliphatic heterocycles. The Labute approximate surface area is 118 Å². The molecule has 9 heteroatoms. The zero-order valence-electron chi connectivity index (χ0n) is 9.87. The highest BCUT2D eigenvalue weighted by molar-refractivity contribution is 9.10. The summed E-state index contributed by atoms with van der Waals surface area (Å²) in [5.74, 6) is 0. The van der Waals surface area contributed by atoms with Gasteiger partial charge in [-0.1, -0.05) is 15.9 Å². The van der Waals surface area contributed by atoms with E-state index < -0.39 is 20.6 Å². The molecule has 0 unspecified atom stereocenters. The summed E-state index contributed by atoms with van der Waals surface area (Å²) in [5, 5.41) is 14.0. The maximum absolute atomic E-state index is 12.4. The third-order valence-corrected chi connectivity index (χ3v) is 5.23. The third-order valence-electron chi connectivity index (χ3n) is 2.81. The highest BCUT2D eigenvalue weighted by atomic mass is 79.9. The molecule has 1 fully saturated rings. The molecule has 0 atom stereocenters. The van der Waals surface area contributed by atoms with Crippen LogP contribution in [0.4, 0.5) is 5.69 Å². The van der Waals surface area contributed by atoms with Gasteiger partial charge < -0.3 is 5.32 Å². The monoisotopic (exact) mass is 349 g/mol. The fourth-order valence-corrected chi connectivity index (χ4v) is 4.01. The number of benzene rings is 1. The Morgan fingerprint density at radius 3 is 2.53 bits per heavy atom. The number of nitro benzene ring substituents is 1. The molecule has 1 N–H and O–H groups in total. The van der Waals surface area contributed by atoms with Crippen LogP contribution < -0.4 is 5.32 Å². The summed E-state index contributed by atoms with van der Waals surface area (Å²) in [4.78, 5) is 10.0. The Balaban J connectivity index is 2.49. The van der Waals surface area contributed by atoms with Crippen molar-refractivity contribution in [3.05, 3.63) is 32.8 Å². The molecule has 0 radical (unpaired) electrons. The highest BCUT2D eigenvalue weighted by Crippen LogP contribution is 2.29. The number of rotatable bonds is 3. The van der Waals surface area contributed by atoms with Crippen molar-refractivity contribution in [2.75, 3.05) is 26.2 Å². The van der Waals surface area contributed by atoms with Crippen LogP contribution in [-0.2, 0) is 10.0 Å². The number of nitrogens with one attached hydrogen (secondary N) is 1. The lowest BCUT2D eigenvalue weighted by molar-refractivity contribution is -0.387. The minimum atomic E-state index is -3.84. The Morgan fingerprint density at radius 2 is 1.95 bits per heavy atom. The van der Waals surface area contributed by atoms with Gasteiger partial charge in [0.1, 0.15) is 0 Å². The number of nitrogens with zero attached hydrogens (tertiary/aromatic N) is 2. The van der Waals surface area contributed by atoms with Crippen molar-refractivity contribution < 1.29 is 13.3 Å². The number of halogens is 1. The molecule has 0 bridgehead atoms. The Hall–Kier alpha value is -1.03. The maximum Gasteiger partial charge on any atom is 0.289 e. The SMILES string of the molecule is O=[N+]([O-])c1ccc(Br)cc1S(=O)(=O)N1CCNCC1. The van der Waals surface area contributed by atoms with Gasteiger partial charge in [-0.25, -0.2) is 8.42 Å². The molecular weight excluding hydrogens is 338 g/mol. The first-order valence-electron chi connectivity index (χ1n) is 5.58. The minimum absolute atomic E-state index is 0.270. The summed E-state index contributed by atoms with van der Waals surface area (Å²) in [6.45, 7) is 1.71. The van der Waals surface area contributed by atoms with Gasteiger partial charge in [0, 0.05) is 36.7 Å². The van der Waals surface area contributed by atoms with Crippen molar-refractivity contribution in [3.8, 4) is 0 Å². The zero-order valence-corrected chi connectivity index (χ0v) is 12.3. The van der Waals surface area contributed by atoms with E-state index in [1.54, 1.807) is 0 Å². The first kappa shape index (κ1) is 14.4. The molecule has 104 valence electrons. The third kappa shape index (κ3) is 2.94. The van der Waals surface area contributed by atoms with Crippen molar-refractivity contribution in [2.45, 2.75) is 4.90 Å². The molecule has 19 heavy (non-hydrogen) atoms. The normalized spacial score (nSPS) is 17.3. The molecule has 0 amide bonds. The average molecular weight is 350 g/mol. The molecule has 1 aliphatic rings. The highest BCUT2D eigenvalue weighted by Gasteiger charge is 2.32. The molecule has 1 heterocycles. The molecule has 1 aromatic rings. The lowest BCUT2D eigenvalue weighted by atomic mass is 10.3. The van der Waals surface area contributed by atoms with Gasteiger partial charge in [0.25, 0.3) is 5.69 Å². The van der Waals surface area contributed by atoms with E-state index in [9.17, 15) is 18.5 Å². The van der Waals surface area contributed by atoms with E-state index in [1.807, 2.05) is 0 Å². The average Bonchev–Trinajstić information content (AvgIpc) is 2.39. The van der Waals surface area contributed by atoms with Crippen molar-refractivity contribution >= 4 is 31.6 Å². The van der Waals surface area contributed by atoms with Gasteiger partial charge in [0.05, 0.1) is 4.92 Å². The molecule has 0 saturated carbocycles. The van der Waals surface area contributed by atoms with Gasteiger partial charge in [0.15, 0.2) is 4.90 Å². The fraction of sp³-hybridized carbons (Fsp3) is 0.400. The van der Waals surface area contributed by atoms with Crippen LogP contribution in [0.2, 0.25) is 0 Å². The summed E-state index contributed by atoms with van der Waals surface area (Å²) >= 11 is 3.14. The van der Waals surface area contributed by atoms with Gasteiger partial charge in [-0.3, -0.25) is 10.1 Å². The van der Waals surface area contributed by atoms with Crippen LogP contribution in [0.5, 0.6) is 0 Å². The van der Waals surface area contributed by atoms with Crippen LogP contribution in [0.3, 0.4) is 0 Å². The fourth-order valence-electron chi connectivity index (χ4n) is 1.87. The second-order valence-electron chi connectivity index (χ2n) is 4.02. The zero-order chi connectivity index (χ0) is 14.0. The van der Waals surface area contributed by atoms with Gasteiger partial charge in [0.2, 0.25) is 10.0 Å². The van der Waals surface area contributed by atoms with Crippen LogP contribution in [0.15, 0.2) is 27.6 Å². The summed E-state index contributed by atoms with van der Waals surface area (Å²) < 4.78 is 26.6. The molecule has 0 aromatic heterocycles. The quantitative estimate of drug-likeness (QED) is 0.647. The lowest BCUT2D eigenvalue weighted by Gasteiger charge is -2.26. The van der Waals surface area contributed by atoms with Crippen molar-refractivity contribution in [2.24, 2.45) is 0 Å². The van der Waals surface area contributed by atoms with Gasteiger partial charge in [-0.2, -0.15) is 4.31 Å². The predicted octanol–water partition coefficient (Wildman–Crippen LogP) is 0.951. The van der Waals surface area contributed by atoms with E-state index in [2.05, 4.69) is 21.2 Å². The van der Waals surface area contributed by atoms with E-state index in [4.69, 9.17) is 0 Å². The molecule has 1 aromatic carbocycles. The second kappa shape index (κ2) is 5.53. The molecule has 1 saturated heterocycles. The molecule has 7 nitrogen and oxygen atoms in total. The van der Waals surface area contributed by atoms with E-state index in [0.29, 0.717) is 30.7 Å². The van der Waals surface area contributed by atoms with Crippen molar-refractivity contribution in [1.82, 2.24) is 9.62 Å².